The summed E-state index contributed by atoms with van der Waals surface area (Å²) in [5, 5.41) is 3.18. The number of hydrogen-bond donors (Lipinski definition) is 1. The Morgan fingerprint density at radius 1 is 1.00 bits per heavy atom. The summed E-state index contributed by atoms with van der Waals surface area (Å²) < 4.78 is 40.8. The lowest BCUT2D eigenvalue weighted by atomic mass is 10.1. The standard InChI is InChI=1S/C23H22ClFN2O3S/c1-16-3-11-21(12-4-16)27(31(29,30)22-13-7-19(24)8-14-22)15-23(28)26-17(2)18-5-9-20(25)10-6-18/h3-14,17H,15H2,1-2H3,(H,26,28)/t17-/m0/s1. The molecule has 5 nitrogen and oxygen atoms in total. The number of aryl methyl sites for hydroxylation is 1. The molecule has 0 saturated carbocycles. The van der Waals surface area contributed by atoms with Gasteiger partial charge >= 0.3 is 0 Å². The fourth-order valence-electron chi connectivity index (χ4n) is 3.01. The lowest BCUT2D eigenvalue weighted by molar-refractivity contribution is -0.120. The largest absolute Gasteiger partial charge is 0.348 e. The van der Waals surface area contributed by atoms with Gasteiger partial charge in [-0.2, -0.15) is 0 Å². The maximum Gasteiger partial charge on any atom is 0.264 e. The zero-order chi connectivity index (χ0) is 22.6. The molecule has 1 atom stereocenters. The predicted octanol–water partition coefficient (Wildman–Crippen LogP) is 4.86. The maximum absolute atomic E-state index is 13.3. The highest BCUT2D eigenvalue weighted by atomic mass is 35.5. The number of anilines is 1. The Labute approximate surface area is 186 Å². The first kappa shape index (κ1) is 22.8. The van der Waals surface area contributed by atoms with Crippen LogP contribution in [-0.4, -0.2) is 20.9 Å². The average molecular weight is 461 g/mol. The SMILES string of the molecule is Cc1ccc(N(CC(=O)N[C@@H](C)c2ccc(F)cc2)S(=O)(=O)c2ccc(Cl)cc2)cc1. The van der Waals surface area contributed by atoms with Crippen molar-refractivity contribution in [2.75, 3.05) is 10.8 Å². The van der Waals surface area contributed by atoms with Crippen LogP contribution in [0.4, 0.5) is 10.1 Å². The zero-order valence-electron chi connectivity index (χ0n) is 17.0. The van der Waals surface area contributed by atoms with Crippen LogP contribution >= 0.6 is 11.6 Å². The van der Waals surface area contributed by atoms with Crippen LogP contribution in [0.5, 0.6) is 0 Å². The Morgan fingerprint density at radius 2 is 1.58 bits per heavy atom. The van der Waals surface area contributed by atoms with Crippen molar-refractivity contribution < 1.29 is 17.6 Å². The maximum atomic E-state index is 13.3. The quantitative estimate of drug-likeness (QED) is 0.547. The van der Waals surface area contributed by atoms with Crippen molar-refractivity contribution in [3.63, 3.8) is 0 Å². The number of nitrogens with one attached hydrogen (secondary N) is 1. The van der Waals surface area contributed by atoms with Crippen molar-refractivity contribution >= 4 is 33.2 Å². The Morgan fingerprint density at radius 3 is 2.16 bits per heavy atom. The van der Waals surface area contributed by atoms with E-state index in [1.54, 1.807) is 43.3 Å². The number of carbonyl (C=O) groups excluding carboxylic acids is 1. The van der Waals surface area contributed by atoms with Gasteiger partial charge in [0.25, 0.3) is 10.0 Å². The highest BCUT2D eigenvalue weighted by Crippen LogP contribution is 2.25. The van der Waals surface area contributed by atoms with E-state index in [0.29, 0.717) is 16.3 Å². The second kappa shape index (κ2) is 9.49. The van der Waals surface area contributed by atoms with Crippen molar-refractivity contribution in [3.8, 4) is 0 Å². The van der Waals surface area contributed by atoms with E-state index in [0.717, 1.165) is 9.87 Å². The lowest BCUT2D eigenvalue weighted by Crippen LogP contribution is -2.41. The summed E-state index contributed by atoms with van der Waals surface area (Å²) in [6.07, 6.45) is 0. The van der Waals surface area contributed by atoms with Crippen LogP contribution in [0, 0.1) is 12.7 Å². The Balaban J connectivity index is 1.87. The smallest absolute Gasteiger partial charge is 0.264 e. The molecule has 0 spiro atoms. The van der Waals surface area contributed by atoms with Crippen LogP contribution in [0.15, 0.2) is 77.7 Å². The molecule has 1 amide bonds. The minimum Gasteiger partial charge on any atom is -0.348 e. The van der Waals surface area contributed by atoms with Crippen molar-refractivity contribution in [3.05, 3.63) is 94.8 Å². The normalized spacial score (nSPS) is 12.3. The van der Waals surface area contributed by atoms with Crippen LogP contribution in [0.3, 0.4) is 0 Å². The second-order valence-corrected chi connectivity index (χ2v) is 9.44. The average Bonchev–Trinajstić information content (AvgIpc) is 2.73. The van der Waals surface area contributed by atoms with Gasteiger partial charge in [0, 0.05) is 5.02 Å². The van der Waals surface area contributed by atoms with Crippen LogP contribution in [0.25, 0.3) is 0 Å². The van der Waals surface area contributed by atoms with Crippen molar-refractivity contribution in [1.29, 1.82) is 0 Å². The first-order valence-electron chi connectivity index (χ1n) is 9.56. The molecule has 0 unspecified atom stereocenters. The summed E-state index contributed by atoms with van der Waals surface area (Å²) in [5.74, 6) is -0.864. The number of sulfonamides is 1. The fraction of sp³-hybridized carbons (Fsp3) is 0.174. The third-order valence-corrected chi connectivity index (χ3v) is 6.80. The van der Waals surface area contributed by atoms with Crippen molar-refractivity contribution in [2.45, 2.75) is 24.8 Å². The van der Waals surface area contributed by atoms with E-state index in [1.807, 2.05) is 6.92 Å². The molecule has 3 rings (SSSR count). The number of nitrogens with zero attached hydrogens (tertiary/aromatic N) is 1. The number of carbonyl (C=O) groups is 1. The van der Waals surface area contributed by atoms with Gasteiger partial charge in [-0.05, 0) is 67.9 Å². The molecule has 0 aliphatic rings. The Kier molecular flexibility index (Phi) is 6.97. The molecule has 0 aliphatic carbocycles. The topological polar surface area (TPSA) is 66.5 Å². The fourth-order valence-corrected chi connectivity index (χ4v) is 4.56. The summed E-state index contributed by atoms with van der Waals surface area (Å²) in [6, 6.07) is 18.0. The van der Waals surface area contributed by atoms with Gasteiger partial charge in [-0.25, -0.2) is 12.8 Å². The molecule has 0 heterocycles. The van der Waals surface area contributed by atoms with Gasteiger partial charge in [0.05, 0.1) is 16.6 Å². The van der Waals surface area contributed by atoms with Crippen LogP contribution in [-0.2, 0) is 14.8 Å². The van der Waals surface area contributed by atoms with Gasteiger partial charge in [0.1, 0.15) is 12.4 Å². The van der Waals surface area contributed by atoms with Gasteiger partial charge in [-0.15, -0.1) is 0 Å². The van der Waals surface area contributed by atoms with Gasteiger partial charge in [0.15, 0.2) is 0 Å². The molecule has 8 heteroatoms. The molecule has 0 aromatic heterocycles. The van der Waals surface area contributed by atoms with Crippen molar-refractivity contribution in [1.82, 2.24) is 5.32 Å². The third-order valence-electron chi connectivity index (χ3n) is 4.76. The van der Waals surface area contributed by atoms with E-state index in [1.165, 1.54) is 36.4 Å². The summed E-state index contributed by atoms with van der Waals surface area (Å²) in [4.78, 5) is 12.8. The van der Waals surface area contributed by atoms with E-state index < -0.39 is 28.5 Å². The molecule has 3 aromatic carbocycles. The second-order valence-electron chi connectivity index (χ2n) is 7.14. The van der Waals surface area contributed by atoms with Gasteiger partial charge < -0.3 is 5.32 Å². The van der Waals surface area contributed by atoms with E-state index in [4.69, 9.17) is 11.6 Å². The van der Waals surface area contributed by atoms with E-state index in [-0.39, 0.29) is 10.7 Å². The first-order valence-corrected chi connectivity index (χ1v) is 11.4. The van der Waals surface area contributed by atoms with Gasteiger partial charge in [-0.1, -0.05) is 41.4 Å². The number of halogens is 2. The molecule has 3 aromatic rings. The van der Waals surface area contributed by atoms with E-state index in [9.17, 15) is 17.6 Å². The lowest BCUT2D eigenvalue weighted by Gasteiger charge is -2.25. The number of rotatable bonds is 7. The highest BCUT2D eigenvalue weighted by Gasteiger charge is 2.27. The molecule has 162 valence electrons. The van der Waals surface area contributed by atoms with Gasteiger partial charge in [0.2, 0.25) is 5.91 Å². The van der Waals surface area contributed by atoms with Crippen LogP contribution in [0.1, 0.15) is 24.1 Å². The number of benzene rings is 3. The van der Waals surface area contributed by atoms with E-state index >= 15 is 0 Å². The third kappa shape index (κ3) is 5.62. The first-order chi connectivity index (χ1) is 14.7. The molecular weight excluding hydrogens is 439 g/mol. The molecule has 0 radical (unpaired) electrons. The summed E-state index contributed by atoms with van der Waals surface area (Å²) >= 11 is 5.89. The minimum atomic E-state index is -4.02. The molecule has 31 heavy (non-hydrogen) atoms. The minimum absolute atomic E-state index is 0.0249. The Hall–Kier alpha value is -2.90. The van der Waals surface area contributed by atoms with Crippen LogP contribution in [0.2, 0.25) is 5.02 Å². The Bertz CT molecular complexity index is 1150. The number of hydrogen-bond acceptors (Lipinski definition) is 3. The van der Waals surface area contributed by atoms with Gasteiger partial charge in [-0.3, -0.25) is 9.10 Å². The zero-order valence-corrected chi connectivity index (χ0v) is 18.6. The molecule has 0 aliphatic heterocycles. The number of amides is 1. The van der Waals surface area contributed by atoms with Crippen LogP contribution < -0.4 is 9.62 Å². The molecule has 0 bridgehead atoms. The predicted molar refractivity (Wildman–Crippen MR) is 120 cm³/mol. The van der Waals surface area contributed by atoms with Crippen molar-refractivity contribution in [2.24, 2.45) is 0 Å². The molecule has 0 saturated heterocycles. The highest BCUT2D eigenvalue weighted by molar-refractivity contribution is 7.92. The molecule has 0 fully saturated rings. The summed E-state index contributed by atoms with van der Waals surface area (Å²) in [6.45, 7) is 3.22. The van der Waals surface area contributed by atoms with E-state index in [2.05, 4.69) is 5.32 Å². The molecule has 1 N–H and O–H groups in total. The monoisotopic (exact) mass is 460 g/mol. The molecular formula is C23H22ClFN2O3S. The summed E-state index contributed by atoms with van der Waals surface area (Å²) in [7, 11) is -4.02. The summed E-state index contributed by atoms with van der Waals surface area (Å²) in [5.41, 5.74) is 2.03.